The van der Waals surface area contributed by atoms with E-state index in [0.717, 1.165) is 37.6 Å². The molecule has 96 valence electrons. The van der Waals surface area contributed by atoms with E-state index in [9.17, 15) is 9.59 Å². The first kappa shape index (κ1) is 12.7. The number of carbonyl (C=O) groups is 2. The average molecular weight is 257 g/mol. The van der Waals surface area contributed by atoms with Gasteiger partial charge in [-0.3, -0.25) is 9.59 Å². The first-order valence-corrected chi connectivity index (χ1v) is 7.31. The van der Waals surface area contributed by atoms with Crippen LogP contribution < -0.4 is 5.32 Å². The van der Waals surface area contributed by atoms with Crippen molar-refractivity contribution in [2.75, 3.05) is 50.8 Å². The highest BCUT2D eigenvalue weighted by Gasteiger charge is 2.28. The predicted octanol–water partition coefficient (Wildman–Crippen LogP) is -0.616. The van der Waals surface area contributed by atoms with Crippen molar-refractivity contribution in [1.82, 2.24) is 15.1 Å². The topological polar surface area (TPSA) is 52.7 Å². The number of thioether (sulfide) groups is 1. The summed E-state index contributed by atoms with van der Waals surface area (Å²) in [6, 6.07) is 0. The smallest absolute Gasteiger partial charge is 0.312 e. The summed E-state index contributed by atoms with van der Waals surface area (Å²) in [6.07, 6.45) is 0.991. The van der Waals surface area contributed by atoms with E-state index in [0.29, 0.717) is 19.6 Å². The van der Waals surface area contributed by atoms with Gasteiger partial charge in [-0.25, -0.2) is 0 Å². The van der Waals surface area contributed by atoms with Crippen molar-refractivity contribution in [2.24, 2.45) is 0 Å². The molecule has 2 saturated heterocycles. The summed E-state index contributed by atoms with van der Waals surface area (Å²) in [5.41, 5.74) is 0. The molecule has 0 bridgehead atoms. The monoisotopic (exact) mass is 257 g/mol. The predicted molar refractivity (Wildman–Crippen MR) is 68.0 cm³/mol. The van der Waals surface area contributed by atoms with E-state index >= 15 is 0 Å². The molecule has 0 unspecified atom stereocenters. The second kappa shape index (κ2) is 6.26. The standard InChI is InChI=1S/C11H19N3O2S/c15-10(13-4-1-8-17-9-7-13)11(16)14-5-2-12-3-6-14/h12H,1-9H2. The second-order valence-electron chi connectivity index (χ2n) is 4.30. The van der Waals surface area contributed by atoms with Crippen LogP contribution in [0.15, 0.2) is 0 Å². The van der Waals surface area contributed by atoms with E-state index in [2.05, 4.69) is 5.32 Å². The van der Waals surface area contributed by atoms with E-state index in [-0.39, 0.29) is 11.8 Å². The van der Waals surface area contributed by atoms with Gasteiger partial charge in [0.15, 0.2) is 0 Å². The number of nitrogens with one attached hydrogen (secondary N) is 1. The lowest BCUT2D eigenvalue weighted by Gasteiger charge is -2.29. The second-order valence-corrected chi connectivity index (χ2v) is 5.53. The minimum atomic E-state index is -0.321. The highest BCUT2D eigenvalue weighted by Crippen LogP contribution is 2.10. The molecule has 2 rings (SSSR count). The first-order chi connectivity index (χ1) is 8.29. The molecule has 0 aromatic rings. The van der Waals surface area contributed by atoms with Gasteiger partial charge in [0.2, 0.25) is 0 Å². The Hall–Kier alpha value is -0.750. The van der Waals surface area contributed by atoms with Crippen molar-refractivity contribution in [1.29, 1.82) is 0 Å². The third-order valence-electron chi connectivity index (χ3n) is 3.10. The molecule has 1 N–H and O–H groups in total. The lowest BCUT2D eigenvalue weighted by Crippen LogP contribution is -2.52. The summed E-state index contributed by atoms with van der Waals surface area (Å²) in [6.45, 7) is 4.30. The van der Waals surface area contributed by atoms with Crippen LogP contribution in [0.2, 0.25) is 0 Å². The fourth-order valence-electron chi connectivity index (χ4n) is 2.09. The summed E-state index contributed by atoms with van der Waals surface area (Å²) in [5.74, 6) is 1.40. The van der Waals surface area contributed by atoms with Gasteiger partial charge in [-0.1, -0.05) is 0 Å². The number of piperazine rings is 1. The van der Waals surface area contributed by atoms with Crippen LogP contribution in [0.5, 0.6) is 0 Å². The molecule has 0 atom stereocenters. The van der Waals surface area contributed by atoms with Gasteiger partial charge in [0.25, 0.3) is 0 Å². The SMILES string of the molecule is O=C(C(=O)N1CCCSCC1)N1CCNCC1. The lowest BCUT2D eigenvalue weighted by molar-refractivity contribution is -0.152. The molecule has 0 radical (unpaired) electrons. The Balaban J connectivity index is 1.90. The molecule has 2 fully saturated rings. The maximum absolute atomic E-state index is 12.1. The van der Waals surface area contributed by atoms with Crippen molar-refractivity contribution in [2.45, 2.75) is 6.42 Å². The number of rotatable bonds is 0. The van der Waals surface area contributed by atoms with E-state index < -0.39 is 0 Å². The fraction of sp³-hybridized carbons (Fsp3) is 0.818. The molecule has 2 heterocycles. The molecule has 5 nitrogen and oxygen atoms in total. The Morgan fingerprint density at radius 1 is 0.882 bits per heavy atom. The summed E-state index contributed by atoms with van der Waals surface area (Å²) >= 11 is 1.86. The fourth-order valence-corrected chi connectivity index (χ4v) is 2.97. The van der Waals surface area contributed by atoms with Crippen LogP contribution in [0, 0.1) is 0 Å². The molecule has 6 heteroatoms. The third-order valence-corrected chi connectivity index (χ3v) is 4.15. The molecule has 2 aliphatic heterocycles. The van der Waals surface area contributed by atoms with Gasteiger partial charge in [-0.15, -0.1) is 0 Å². The third kappa shape index (κ3) is 3.35. The molecule has 2 aliphatic rings. The molecule has 0 spiro atoms. The van der Waals surface area contributed by atoms with Crippen molar-refractivity contribution >= 4 is 23.6 Å². The van der Waals surface area contributed by atoms with Crippen LogP contribution >= 0.6 is 11.8 Å². The van der Waals surface area contributed by atoms with Crippen molar-refractivity contribution in [3.05, 3.63) is 0 Å². The summed E-state index contributed by atoms with van der Waals surface area (Å²) in [5, 5.41) is 3.18. The minimum absolute atomic E-state index is 0.311. The Morgan fingerprint density at radius 2 is 1.53 bits per heavy atom. The van der Waals surface area contributed by atoms with Crippen LogP contribution in [0.1, 0.15) is 6.42 Å². The van der Waals surface area contributed by atoms with Gasteiger partial charge in [-0.2, -0.15) is 11.8 Å². The summed E-state index contributed by atoms with van der Waals surface area (Å²) < 4.78 is 0. The number of carbonyl (C=O) groups excluding carboxylic acids is 2. The normalized spacial score (nSPS) is 22.1. The van der Waals surface area contributed by atoms with E-state index in [1.54, 1.807) is 9.80 Å². The van der Waals surface area contributed by atoms with Crippen molar-refractivity contribution < 1.29 is 9.59 Å². The number of hydrogen-bond acceptors (Lipinski definition) is 4. The van der Waals surface area contributed by atoms with E-state index in [1.165, 1.54) is 0 Å². The molecule has 2 amide bonds. The minimum Gasteiger partial charge on any atom is -0.334 e. The van der Waals surface area contributed by atoms with E-state index in [1.807, 2.05) is 11.8 Å². The highest BCUT2D eigenvalue weighted by atomic mass is 32.2. The van der Waals surface area contributed by atoms with Crippen molar-refractivity contribution in [3.63, 3.8) is 0 Å². The Kier molecular flexibility index (Phi) is 4.67. The van der Waals surface area contributed by atoms with Crippen molar-refractivity contribution in [3.8, 4) is 0 Å². The summed E-state index contributed by atoms with van der Waals surface area (Å²) in [7, 11) is 0. The quantitative estimate of drug-likeness (QED) is 0.588. The summed E-state index contributed by atoms with van der Waals surface area (Å²) in [4.78, 5) is 27.4. The van der Waals surface area contributed by atoms with Crippen LogP contribution in [-0.2, 0) is 9.59 Å². The van der Waals surface area contributed by atoms with Crippen LogP contribution in [-0.4, -0.2) is 72.4 Å². The zero-order valence-corrected chi connectivity index (χ0v) is 10.8. The Bertz CT molecular complexity index is 284. The average Bonchev–Trinajstić information content (AvgIpc) is 2.67. The zero-order chi connectivity index (χ0) is 12.1. The first-order valence-electron chi connectivity index (χ1n) is 6.15. The van der Waals surface area contributed by atoms with Gasteiger partial charge in [-0.05, 0) is 12.2 Å². The number of amides is 2. The van der Waals surface area contributed by atoms with Gasteiger partial charge >= 0.3 is 11.8 Å². The number of nitrogens with zero attached hydrogens (tertiary/aromatic N) is 2. The number of hydrogen-bond donors (Lipinski definition) is 1. The molecular weight excluding hydrogens is 238 g/mol. The molecule has 0 saturated carbocycles. The van der Waals surface area contributed by atoms with Gasteiger partial charge < -0.3 is 15.1 Å². The van der Waals surface area contributed by atoms with Gasteiger partial charge in [0.05, 0.1) is 0 Å². The Morgan fingerprint density at radius 3 is 2.24 bits per heavy atom. The molecule has 0 aromatic heterocycles. The van der Waals surface area contributed by atoms with Crippen LogP contribution in [0.25, 0.3) is 0 Å². The molecule has 0 aliphatic carbocycles. The van der Waals surface area contributed by atoms with Crippen LogP contribution in [0.4, 0.5) is 0 Å². The highest BCUT2D eigenvalue weighted by molar-refractivity contribution is 7.99. The maximum atomic E-state index is 12.1. The zero-order valence-electron chi connectivity index (χ0n) is 9.98. The van der Waals surface area contributed by atoms with Gasteiger partial charge in [0, 0.05) is 45.0 Å². The Labute approximate surface area is 106 Å². The molecular formula is C11H19N3O2S. The maximum Gasteiger partial charge on any atom is 0.312 e. The van der Waals surface area contributed by atoms with E-state index in [4.69, 9.17) is 0 Å². The van der Waals surface area contributed by atoms with Crippen LogP contribution in [0.3, 0.4) is 0 Å². The van der Waals surface area contributed by atoms with Gasteiger partial charge in [0.1, 0.15) is 0 Å². The lowest BCUT2D eigenvalue weighted by atomic mass is 10.3. The molecule has 17 heavy (non-hydrogen) atoms. The molecule has 0 aromatic carbocycles. The largest absolute Gasteiger partial charge is 0.334 e.